The Balaban J connectivity index is 1.35. The maximum Gasteiger partial charge on any atom is 0.320 e. The van der Waals surface area contributed by atoms with E-state index in [4.69, 9.17) is 4.74 Å². The molecule has 2 atom stereocenters. The highest BCUT2D eigenvalue weighted by Gasteiger charge is 2.38. The van der Waals surface area contributed by atoms with Crippen LogP contribution in [-0.2, 0) is 9.53 Å². The number of amides is 3. The third-order valence-electron chi connectivity index (χ3n) is 5.65. The van der Waals surface area contributed by atoms with Gasteiger partial charge in [-0.25, -0.2) is 14.6 Å². The smallest absolute Gasteiger partial charge is 0.320 e. The molecule has 0 bridgehead atoms. The zero-order valence-corrected chi connectivity index (χ0v) is 15.8. The van der Waals surface area contributed by atoms with Crippen LogP contribution in [0.2, 0.25) is 0 Å². The van der Waals surface area contributed by atoms with E-state index in [1.807, 2.05) is 20.8 Å². The molecule has 0 aromatic heterocycles. The maximum atomic E-state index is 13.6. The summed E-state index contributed by atoms with van der Waals surface area (Å²) in [5, 5.41) is 0. The van der Waals surface area contributed by atoms with E-state index in [2.05, 4.69) is 10.9 Å². The predicted octanol–water partition coefficient (Wildman–Crippen LogP) is 0.187. The Bertz CT molecular complexity index is 719. The van der Waals surface area contributed by atoms with Crippen LogP contribution in [0.1, 0.15) is 11.6 Å². The lowest BCUT2D eigenvalue weighted by atomic mass is 9.93. The Morgan fingerprint density at radius 2 is 1.68 bits per heavy atom. The van der Waals surface area contributed by atoms with Gasteiger partial charge in [0.2, 0.25) is 5.91 Å². The van der Waals surface area contributed by atoms with Gasteiger partial charge in [-0.3, -0.25) is 10.2 Å². The monoisotopic (exact) mass is 391 g/mol. The normalized spacial score (nSPS) is 25.8. The average molecular weight is 391 g/mol. The summed E-state index contributed by atoms with van der Waals surface area (Å²) in [6.45, 7) is 4.97. The van der Waals surface area contributed by atoms with Gasteiger partial charge in [-0.2, -0.15) is 0 Å². The van der Waals surface area contributed by atoms with Crippen LogP contribution in [0.25, 0.3) is 0 Å². The van der Waals surface area contributed by atoms with E-state index in [1.54, 1.807) is 6.07 Å². The Morgan fingerprint density at radius 3 is 2.39 bits per heavy atom. The van der Waals surface area contributed by atoms with Crippen LogP contribution in [0, 0.1) is 11.7 Å². The summed E-state index contributed by atoms with van der Waals surface area (Å²) >= 11 is 0. The van der Waals surface area contributed by atoms with Gasteiger partial charge in [-0.05, 0) is 17.7 Å². The molecule has 2 unspecified atom stereocenters. The third kappa shape index (κ3) is 3.96. The number of ether oxygens (including phenoxy) is 1. The number of piperazine rings is 1. The number of carbonyl (C=O) groups excluding carboxylic acids is 2. The second-order valence-electron chi connectivity index (χ2n) is 7.36. The highest BCUT2D eigenvalue weighted by molar-refractivity contribution is 5.81. The van der Waals surface area contributed by atoms with E-state index in [1.165, 1.54) is 12.1 Å². The molecule has 1 aromatic carbocycles. The molecule has 0 aliphatic carbocycles. The van der Waals surface area contributed by atoms with E-state index < -0.39 is 0 Å². The molecule has 3 aliphatic heterocycles. The van der Waals surface area contributed by atoms with Gasteiger partial charge in [-0.1, -0.05) is 12.1 Å². The van der Waals surface area contributed by atoms with Crippen LogP contribution in [0.3, 0.4) is 0 Å². The van der Waals surface area contributed by atoms with Crippen LogP contribution in [-0.4, -0.2) is 85.7 Å². The molecule has 28 heavy (non-hydrogen) atoms. The molecular weight excluding hydrogens is 365 g/mol. The van der Waals surface area contributed by atoms with Gasteiger partial charge in [-0.15, -0.1) is 0 Å². The molecular formula is C19H26FN5O3. The molecule has 0 saturated carbocycles. The van der Waals surface area contributed by atoms with E-state index in [9.17, 15) is 14.0 Å². The molecule has 3 amide bonds. The SMILES string of the molecule is O=C(C1CNNC1c1cccc(F)c1)N1CCN(C(=O)N2CCOCC2)CC1. The molecule has 3 saturated heterocycles. The minimum atomic E-state index is -0.312. The lowest BCUT2D eigenvalue weighted by Crippen LogP contribution is -2.56. The van der Waals surface area contributed by atoms with Crippen molar-refractivity contribution < 1.29 is 18.7 Å². The fourth-order valence-corrected chi connectivity index (χ4v) is 4.05. The number of halogens is 1. The molecule has 0 radical (unpaired) electrons. The molecule has 152 valence electrons. The first-order chi connectivity index (χ1) is 13.6. The zero-order valence-electron chi connectivity index (χ0n) is 15.8. The summed E-state index contributed by atoms with van der Waals surface area (Å²) in [5.41, 5.74) is 6.87. The largest absolute Gasteiger partial charge is 0.378 e. The van der Waals surface area contributed by atoms with Crippen molar-refractivity contribution in [3.8, 4) is 0 Å². The third-order valence-corrected chi connectivity index (χ3v) is 5.65. The van der Waals surface area contributed by atoms with Crippen molar-refractivity contribution in [3.63, 3.8) is 0 Å². The van der Waals surface area contributed by atoms with Crippen molar-refractivity contribution in [1.82, 2.24) is 25.6 Å². The fourth-order valence-electron chi connectivity index (χ4n) is 4.05. The van der Waals surface area contributed by atoms with Crippen molar-refractivity contribution in [2.45, 2.75) is 6.04 Å². The number of nitrogens with one attached hydrogen (secondary N) is 2. The van der Waals surface area contributed by atoms with Gasteiger partial charge in [0.25, 0.3) is 0 Å². The quantitative estimate of drug-likeness (QED) is 0.753. The number of nitrogens with zero attached hydrogens (tertiary/aromatic N) is 3. The molecule has 2 N–H and O–H groups in total. The van der Waals surface area contributed by atoms with Gasteiger partial charge in [0.05, 0.1) is 25.2 Å². The number of benzene rings is 1. The first-order valence-corrected chi connectivity index (χ1v) is 9.78. The Morgan fingerprint density at radius 1 is 1.00 bits per heavy atom. The van der Waals surface area contributed by atoms with Gasteiger partial charge < -0.3 is 19.4 Å². The molecule has 3 aliphatic rings. The van der Waals surface area contributed by atoms with E-state index in [0.717, 1.165) is 5.56 Å². The fraction of sp³-hybridized carbons (Fsp3) is 0.579. The number of hydrogen-bond donors (Lipinski definition) is 2. The van der Waals surface area contributed by atoms with Crippen molar-refractivity contribution in [2.75, 3.05) is 59.0 Å². The number of hydrogen-bond acceptors (Lipinski definition) is 5. The summed E-state index contributed by atoms with van der Waals surface area (Å²) in [6.07, 6.45) is 0. The summed E-state index contributed by atoms with van der Waals surface area (Å²) < 4.78 is 18.9. The lowest BCUT2D eigenvalue weighted by molar-refractivity contribution is -0.137. The Kier molecular flexibility index (Phi) is 5.74. The van der Waals surface area contributed by atoms with Gasteiger partial charge >= 0.3 is 6.03 Å². The number of morpholine rings is 1. The van der Waals surface area contributed by atoms with Gasteiger partial charge in [0.1, 0.15) is 5.82 Å². The Hall–Kier alpha value is -2.23. The molecule has 1 aromatic rings. The summed E-state index contributed by atoms with van der Waals surface area (Å²) in [7, 11) is 0. The minimum absolute atomic E-state index is 0.0252. The summed E-state index contributed by atoms with van der Waals surface area (Å²) in [5.74, 6) is -0.582. The first kappa shape index (κ1) is 19.1. The van der Waals surface area contributed by atoms with Crippen molar-refractivity contribution >= 4 is 11.9 Å². The second-order valence-corrected chi connectivity index (χ2v) is 7.36. The summed E-state index contributed by atoms with van der Waals surface area (Å²) in [6, 6.07) is 6.10. The van der Waals surface area contributed by atoms with Crippen LogP contribution in [0.15, 0.2) is 24.3 Å². The first-order valence-electron chi connectivity index (χ1n) is 9.78. The average Bonchev–Trinajstić information content (AvgIpc) is 3.23. The predicted molar refractivity (Wildman–Crippen MR) is 99.7 cm³/mol. The molecule has 9 heteroatoms. The van der Waals surface area contributed by atoms with Crippen molar-refractivity contribution in [2.24, 2.45) is 5.92 Å². The standard InChI is InChI=1S/C19H26FN5O3/c20-15-3-1-2-14(12-15)17-16(13-21-22-17)18(26)23-4-6-24(7-5-23)19(27)25-8-10-28-11-9-25/h1-3,12,16-17,21-22H,4-11,13H2. The summed E-state index contributed by atoms with van der Waals surface area (Å²) in [4.78, 5) is 31.1. The van der Waals surface area contributed by atoms with E-state index >= 15 is 0 Å². The molecule has 3 heterocycles. The second kappa shape index (κ2) is 8.42. The number of rotatable bonds is 2. The van der Waals surface area contributed by atoms with Crippen molar-refractivity contribution in [3.05, 3.63) is 35.6 Å². The number of urea groups is 1. The van der Waals surface area contributed by atoms with Crippen LogP contribution < -0.4 is 10.9 Å². The van der Waals surface area contributed by atoms with Crippen LogP contribution >= 0.6 is 0 Å². The Labute approximate surface area is 163 Å². The number of carbonyl (C=O) groups is 2. The number of hydrazine groups is 1. The highest BCUT2D eigenvalue weighted by atomic mass is 19.1. The molecule has 3 fully saturated rings. The van der Waals surface area contributed by atoms with E-state index in [-0.39, 0.29) is 29.7 Å². The van der Waals surface area contributed by atoms with Gasteiger partial charge in [0, 0.05) is 45.8 Å². The molecule has 0 spiro atoms. The molecule has 8 nitrogen and oxygen atoms in total. The maximum absolute atomic E-state index is 13.6. The molecule has 4 rings (SSSR count). The van der Waals surface area contributed by atoms with Crippen LogP contribution in [0.5, 0.6) is 0 Å². The zero-order chi connectivity index (χ0) is 19.5. The topological polar surface area (TPSA) is 77.2 Å². The minimum Gasteiger partial charge on any atom is -0.378 e. The van der Waals surface area contributed by atoms with Gasteiger partial charge in [0.15, 0.2) is 0 Å². The van der Waals surface area contributed by atoms with Crippen molar-refractivity contribution in [1.29, 1.82) is 0 Å². The lowest BCUT2D eigenvalue weighted by Gasteiger charge is -2.39. The van der Waals surface area contributed by atoms with E-state index in [0.29, 0.717) is 59.0 Å². The van der Waals surface area contributed by atoms with Crippen LogP contribution in [0.4, 0.5) is 9.18 Å². The highest BCUT2D eigenvalue weighted by Crippen LogP contribution is 2.27.